The van der Waals surface area contributed by atoms with Crippen molar-refractivity contribution in [2.24, 2.45) is 11.8 Å². The van der Waals surface area contributed by atoms with Gasteiger partial charge in [-0.3, -0.25) is 0 Å². The average molecular weight is 270 g/mol. The summed E-state index contributed by atoms with van der Waals surface area (Å²) < 4.78 is 5.58. The number of rotatable bonds is 6. The molecule has 0 radical (unpaired) electrons. The van der Waals surface area contributed by atoms with Crippen molar-refractivity contribution in [3.63, 3.8) is 0 Å². The zero-order valence-corrected chi connectivity index (χ0v) is 12.7. The fourth-order valence-electron chi connectivity index (χ4n) is 3.91. The predicted molar refractivity (Wildman–Crippen MR) is 76.0 cm³/mol. The van der Waals surface area contributed by atoms with Gasteiger partial charge in [-0.2, -0.15) is 0 Å². The zero-order valence-electron chi connectivity index (χ0n) is 12.7. The molecule has 2 N–H and O–H groups in total. The van der Waals surface area contributed by atoms with E-state index in [9.17, 15) is 10.2 Å². The third-order valence-corrected chi connectivity index (χ3v) is 4.77. The lowest BCUT2D eigenvalue weighted by Gasteiger charge is -2.47. The predicted octanol–water partition coefficient (Wildman–Crippen LogP) is 2.88. The summed E-state index contributed by atoms with van der Waals surface area (Å²) in [4.78, 5) is 0. The van der Waals surface area contributed by atoms with Crippen LogP contribution in [-0.2, 0) is 4.74 Å². The molecule has 2 fully saturated rings. The normalized spacial score (nSPS) is 35.4. The van der Waals surface area contributed by atoms with Crippen LogP contribution in [0.4, 0.5) is 0 Å². The van der Waals surface area contributed by atoms with Crippen molar-refractivity contribution in [3.05, 3.63) is 0 Å². The van der Waals surface area contributed by atoms with E-state index in [4.69, 9.17) is 4.74 Å². The first-order chi connectivity index (χ1) is 8.83. The molecule has 0 aromatic rings. The lowest BCUT2D eigenvalue weighted by atomic mass is 9.78. The summed E-state index contributed by atoms with van der Waals surface area (Å²) in [6, 6.07) is 0. The van der Waals surface area contributed by atoms with Gasteiger partial charge in [0, 0.05) is 0 Å². The molecule has 3 nitrogen and oxygen atoms in total. The SMILES string of the molecule is CC(C)CC1(O)COC1CC(C)CC1(O)CCCC1. The molecule has 1 heterocycles. The van der Waals surface area contributed by atoms with Crippen LogP contribution in [0.25, 0.3) is 0 Å². The monoisotopic (exact) mass is 270 g/mol. The van der Waals surface area contributed by atoms with E-state index < -0.39 is 11.2 Å². The Balaban J connectivity index is 1.80. The van der Waals surface area contributed by atoms with Crippen molar-refractivity contribution < 1.29 is 14.9 Å². The molecule has 0 aromatic heterocycles. The molecule has 0 spiro atoms. The van der Waals surface area contributed by atoms with Crippen LogP contribution in [0.2, 0.25) is 0 Å². The second-order valence-corrected chi connectivity index (χ2v) is 7.48. The molecule has 3 atom stereocenters. The van der Waals surface area contributed by atoms with Crippen molar-refractivity contribution in [1.82, 2.24) is 0 Å². The maximum absolute atomic E-state index is 10.5. The molecule has 1 saturated carbocycles. The van der Waals surface area contributed by atoms with Gasteiger partial charge in [-0.05, 0) is 43.9 Å². The lowest BCUT2D eigenvalue weighted by Crippen LogP contribution is -2.59. The quantitative estimate of drug-likeness (QED) is 0.780. The van der Waals surface area contributed by atoms with Crippen LogP contribution in [0, 0.1) is 11.8 Å². The summed E-state index contributed by atoms with van der Waals surface area (Å²) in [7, 11) is 0. The van der Waals surface area contributed by atoms with Crippen LogP contribution >= 0.6 is 0 Å². The fraction of sp³-hybridized carbons (Fsp3) is 1.00. The minimum atomic E-state index is -0.624. The van der Waals surface area contributed by atoms with Crippen molar-refractivity contribution in [3.8, 4) is 0 Å². The molecular formula is C16H30O3. The maximum Gasteiger partial charge on any atom is 0.114 e. The minimum absolute atomic E-state index is 0.0325. The van der Waals surface area contributed by atoms with Gasteiger partial charge < -0.3 is 14.9 Å². The highest BCUT2D eigenvalue weighted by atomic mass is 16.6. The molecule has 1 aliphatic carbocycles. The second kappa shape index (κ2) is 5.71. The Morgan fingerprint density at radius 3 is 2.21 bits per heavy atom. The van der Waals surface area contributed by atoms with Gasteiger partial charge in [-0.25, -0.2) is 0 Å². The van der Waals surface area contributed by atoms with Gasteiger partial charge in [0.25, 0.3) is 0 Å². The molecule has 1 aliphatic heterocycles. The Hall–Kier alpha value is -0.120. The summed E-state index contributed by atoms with van der Waals surface area (Å²) >= 11 is 0. The smallest absolute Gasteiger partial charge is 0.114 e. The molecule has 3 unspecified atom stereocenters. The van der Waals surface area contributed by atoms with Crippen LogP contribution < -0.4 is 0 Å². The van der Waals surface area contributed by atoms with Gasteiger partial charge in [0.05, 0.1) is 18.3 Å². The zero-order chi connectivity index (χ0) is 14.1. The Morgan fingerprint density at radius 2 is 1.74 bits per heavy atom. The Morgan fingerprint density at radius 1 is 1.11 bits per heavy atom. The number of aliphatic hydroxyl groups is 2. The van der Waals surface area contributed by atoms with Gasteiger partial charge in [0.15, 0.2) is 0 Å². The first kappa shape index (κ1) is 15.3. The van der Waals surface area contributed by atoms with Crippen LogP contribution in [0.5, 0.6) is 0 Å². The Labute approximate surface area is 117 Å². The van der Waals surface area contributed by atoms with E-state index >= 15 is 0 Å². The van der Waals surface area contributed by atoms with Gasteiger partial charge in [0.1, 0.15) is 5.60 Å². The van der Waals surface area contributed by atoms with Crippen molar-refractivity contribution in [2.45, 2.75) is 83.0 Å². The van der Waals surface area contributed by atoms with Crippen molar-refractivity contribution in [2.75, 3.05) is 6.61 Å². The number of hydrogen-bond acceptors (Lipinski definition) is 3. The Bertz CT molecular complexity index is 296. The first-order valence-corrected chi connectivity index (χ1v) is 7.89. The standard InChI is InChI=1S/C16H30O3/c1-12(2)9-16(18)11-19-14(16)8-13(3)10-15(17)6-4-5-7-15/h12-14,17-18H,4-11H2,1-3H3. The third-order valence-electron chi connectivity index (χ3n) is 4.77. The van der Waals surface area contributed by atoms with Crippen LogP contribution in [0.1, 0.15) is 65.7 Å². The van der Waals surface area contributed by atoms with E-state index in [1.165, 1.54) is 0 Å². The van der Waals surface area contributed by atoms with E-state index in [0.717, 1.165) is 44.9 Å². The summed E-state index contributed by atoms with van der Waals surface area (Å²) in [5.74, 6) is 0.901. The minimum Gasteiger partial charge on any atom is -0.390 e. The molecule has 19 heavy (non-hydrogen) atoms. The van der Waals surface area contributed by atoms with E-state index in [-0.39, 0.29) is 6.10 Å². The second-order valence-electron chi connectivity index (χ2n) is 7.48. The maximum atomic E-state index is 10.5. The molecule has 0 amide bonds. The van der Waals surface area contributed by atoms with E-state index in [2.05, 4.69) is 20.8 Å². The van der Waals surface area contributed by atoms with Gasteiger partial charge in [0.2, 0.25) is 0 Å². The average Bonchev–Trinajstić information content (AvgIpc) is 2.70. The third kappa shape index (κ3) is 3.71. The van der Waals surface area contributed by atoms with Crippen LogP contribution in [0.15, 0.2) is 0 Å². The first-order valence-electron chi connectivity index (χ1n) is 7.89. The summed E-state index contributed by atoms with van der Waals surface area (Å²) in [6.45, 7) is 6.93. The van der Waals surface area contributed by atoms with Crippen LogP contribution in [-0.4, -0.2) is 34.1 Å². The van der Waals surface area contributed by atoms with Gasteiger partial charge in [-0.1, -0.05) is 33.6 Å². The summed E-state index contributed by atoms with van der Waals surface area (Å²) in [5, 5.41) is 21.0. The number of hydrogen-bond donors (Lipinski definition) is 2. The summed E-state index contributed by atoms with van der Waals surface area (Å²) in [5.41, 5.74) is -1.07. The molecular weight excluding hydrogens is 240 g/mol. The molecule has 0 bridgehead atoms. The van der Waals surface area contributed by atoms with Gasteiger partial charge >= 0.3 is 0 Å². The fourth-order valence-corrected chi connectivity index (χ4v) is 3.91. The number of ether oxygens (including phenoxy) is 1. The highest BCUT2D eigenvalue weighted by Gasteiger charge is 2.47. The molecule has 2 aliphatic rings. The molecule has 2 rings (SSSR count). The highest BCUT2D eigenvalue weighted by molar-refractivity contribution is 4.97. The van der Waals surface area contributed by atoms with E-state index in [1.54, 1.807) is 0 Å². The summed E-state index contributed by atoms with van der Waals surface area (Å²) in [6.07, 6.45) is 6.69. The highest BCUT2D eigenvalue weighted by Crippen LogP contribution is 2.40. The van der Waals surface area contributed by atoms with Gasteiger partial charge in [-0.15, -0.1) is 0 Å². The van der Waals surface area contributed by atoms with Crippen LogP contribution in [0.3, 0.4) is 0 Å². The molecule has 0 aromatic carbocycles. The Kier molecular flexibility index (Phi) is 4.59. The molecule has 112 valence electrons. The largest absolute Gasteiger partial charge is 0.390 e. The van der Waals surface area contributed by atoms with E-state index in [0.29, 0.717) is 18.4 Å². The molecule has 1 saturated heterocycles. The topological polar surface area (TPSA) is 49.7 Å². The van der Waals surface area contributed by atoms with Crippen molar-refractivity contribution >= 4 is 0 Å². The lowest BCUT2D eigenvalue weighted by molar-refractivity contribution is -0.249. The molecule has 3 heteroatoms. The van der Waals surface area contributed by atoms with Crippen molar-refractivity contribution in [1.29, 1.82) is 0 Å². The van der Waals surface area contributed by atoms with E-state index in [1.807, 2.05) is 0 Å².